The van der Waals surface area contributed by atoms with Crippen molar-refractivity contribution >= 4 is 23.0 Å². The average Bonchev–Trinajstić information content (AvgIpc) is 3.16. The van der Waals surface area contributed by atoms with E-state index in [9.17, 15) is 20.1 Å². The predicted octanol–water partition coefficient (Wildman–Crippen LogP) is 0.0204. The highest BCUT2D eigenvalue weighted by Gasteiger charge is 2.32. The Kier molecular flexibility index (Phi) is 5.96. The molecule has 3 aromatic heterocycles. The Labute approximate surface area is 165 Å². The Morgan fingerprint density at radius 1 is 1.17 bits per heavy atom. The molecule has 0 aliphatic rings. The molecule has 4 N–H and O–H groups in total. The number of carboxylic acid groups (broad SMARTS) is 1. The van der Waals surface area contributed by atoms with Crippen molar-refractivity contribution in [3.63, 3.8) is 0 Å². The lowest BCUT2D eigenvalue weighted by Gasteiger charge is -2.23. The van der Waals surface area contributed by atoms with E-state index in [2.05, 4.69) is 42.1 Å². The number of carboxylic acids is 1. The van der Waals surface area contributed by atoms with Gasteiger partial charge in [0.1, 0.15) is 6.10 Å². The molecule has 0 bridgehead atoms. The maximum Gasteiger partial charge on any atom is 0.309 e. The molecule has 0 aromatic carbocycles. The lowest BCUT2D eigenvalue weighted by molar-refractivity contribution is -0.152. The van der Waals surface area contributed by atoms with Crippen molar-refractivity contribution in [3.05, 3.63) is 36.4 Å². The number of rotatable bonds is 6. The number of imidazole rings is 1. The molecule has 3 rings (SSSR count). The number of hydrogen-bond donors (Lipinski definition) is 4. The van der Waals surface area contributed by atoms with Crippen molar-refractivity contribution in [2.75, 3.05) is 12.4 Å². The zero-order valence-electron chi connectivity index (χ0n) is 15.7. The summed E-state index contributed by atoms with van der Waals surface area (Å²) in [6.45, 7) is 1.61. The van der Waals surface area contributed by atoms with Crippen LogP contribution in [0.2, 0.25) is 0 Å². The second-order valence-corrected chi connectivity index (χ2v) is 6.05. The van der Waals surface area contributed by atoms with Crippen LogP contribution >= 0.6 is 0 Å². The Hall–Kier alpha value is -3.62. The quantitative estimate of drug-likeness (QED) is 0.418. The standard InChI is InChI=1S/C18H19N7O4/c1-3-10(18(28)29)14(26)17(27)25-9-22-13-15(19-2)23-12(24-16(13)25)6-5-11-20-7-4-8-21-11/h4,7-10,14,17,26-27H,3H2,1-2H3,(H,28,29)(H,19,23,24)/t10-,14+,17+/m0/s1. The number of fused-ring (bicyclic) bond motifs is 1. The summed E-state index contributed by atoms with van der Waals surface area (Å²) in [4.78, 5) is 32.1. The normalized spacial score (nSPS) is 13.9. The van der Waals surface area contributed by atoms with Gasteiger partial charge in [-0.2, -0.15) is 0 Å². The molecule has 150 valence electrons. The topological polar surface area (TPSA) is 159 Å². The van der Waals surface area contributed by atoms with E-state index in [1.54, 1.807) is 32.4 Å². The molecule has 0 unspecified atom stereocenters. The second kappa shape index (κ2) is 8.59. The van der Waals surface area contributed by atoms with E-state index in [4.69, 9.17) is 0 Å². The van der Waals surface area contributed by atoms with E-state index in [0.29, 0.717) is 17.2 Å². The van der Waals surface area contributed by atoms with Gasteiger partial charge in [0, 0.05) is 19.4 Å². The van der Waals surface area contributed by atoms with Gasteiger partial charge < -0.3 is 20.6 Å². The Balaban J connectivity index is 2.04. The lowest BCUT2D eigenvalue weighted by Crippen LogP contribution is -2.35. The maximum atomic E-state index is 11.3. The fourth-order valence-corrected chi connectivity index (χ4v) is 2.75. The molecule has 0 fully saturated rings. The predicted molar refractivity (Wildman–Crippen MR) is 102 cm³/mol. The number of aliphatic hydroxyl groups is 2. The molecule has 11 nitrogen and oxygen atoms in total. The van der Waals surface area contributed by atoms with E-state index in [0.717, 1.165) is 0 Å². The van der Waals surface area contributed by atoms with Crippen molar-refractivity contribution in [2.45, 2.75) is 25.7 Å². The van der Waals surface area contributed by atoms with E-state index < -0.39 is 24.2 Å². The van der Waals surface area contributed by atoms with Crippen LogP contribution < -0.4 is 5.32 Å². The third kappa shape index (κ3) is 4.13. The fraction of sp³-hybridized carbons (Fsp3) is 0.333. The summed E-state index contributed by atoms with van der Waals surface area (Å²) in [7, 11) is 1.64. The zero-order chi connectivity index (χ0) is 21.0. The van der Waals surface area contributed by atoms with Gasteiger partial charge in [-0.3, -0.25) is 9.36 Å². The minimum absolute atomic E-state index is 0.114. The molecule has 0 saturated heterocycles. The average molecular weight is 397 g/mol. The van der Waals surface area contributed by atoms with Crippen molar-refractivity contribution in [1.29, 1.82) is 0 Å². The highest BCUT2D eigenvalue weighted by atomic mass is 16.4. The van der Waals surface area contributed by atoms with Crippen LogP contribution in [0.1, 0.15) is 31.2 Å². The molecule has 0 amide bonds. The van der Waals surface area contributed by atoms with Gasteiger partial charge in [0.2, 0.25) is 11.6 Å². The van der Waals surface area contributed by atoms with Gasteiger partial charge in [0.15, 0.2) is 23.2 Å². The summed E-state index contributed by atoms with van der Waals surface area (Å²) in [5, 5.41) is 33.0. The summed E-state index contributed by atoms with van der Waals surface area (Å²) < 4.78 is 1.19. The van der Waals surface area contributed by atoms with Crippen LogP contribution in [0.4, 0.5) is 5.82 Å². The van der Waals surface area contributed by atoms with Crippen molar-refractivity contribution < 1.29 is 20.1 Å². The van der Waals surface area contributed by atoms with E-state index in [1.165, 1.54) is 10.9 Å². The number of aliphatic carboxylic acids is 1. The monoisotopic (exact) mass is 397 g/mol. The van der Waals surface area contributed by atoms with E-state index in [-0.39, 0.29) is 17.9 Å². The number of hydrogen-bond acceptors (Lipinski definition) is 9. The molecule has 0 radical (unpaired) electrons. The number of aliphatic hydroxyl groups excluding tert-OH is 2. The highest BCUT2D eigenvalue weighted by molar-refractivity contribution is 5.83. The maximum absolute atomic E-state index is 11.3. The number of nitrogens with zero attached hydrogens (tertiary/aromatic N) is 6. The van der Waals surface area contributed by atoms with Crippen LogP contribution in [0.15, 0.2) is 24.8 Å². The Morgan fingerprint density at radius 2 is 1.86 bits per heavy atom. The number of aromatic nitrogens is 6. The highest BCUT2D eigenvalue weighted by Crippen LogP contribution is 2.25. The first-order valence-electron chi connectivity index (χ1n) is 8.76. The minimum Gasteiger partial charge on any atom is -0.481 e. The summed E-state index contributed by atoms with van der Waals surface area (Å²) in [6, 6.07) is 1.67. The van der Waals surface area contributed by atoms with Gasteiger partial charge in [-0.05, 0) is 24.3 Å². The van der Waals surface area contributed by atoms with Crippen LogP contribution in [-0.4, -0.2) is 63.9 Å². The van der Waals surface area contributed by atoms with Crippen LogP contribution in [0.3, 0.4) is 0 Å². The first-order chi connectivity index (χ1) is 14.0. The lowest BCUT2D eigenvalue weighted by atomic mass is 9.98. The first kappa shape index (κ1) is 20.1. The summed E-state index contributed by atoms with van der Waals surface area (Å²) in [6.07, 6.45) is 1.39. The van der Waals surface area contributed by atoms with Gasteiger partial charge >= 0.3 is 5.97 Å². The summed E-state index contributed by atoms with van der Waals surface area (Å²) in [5.74, 6) is 3.90. The van der Waals surface area contributed by atoms with Gasteiger partial charge in [0.05, 0.1) is 12.2 Å². The molecule has 0 saturated carbocycles. The number of nitrogens with one attached hydrogen (secondary N) is 1. The molecule has 29 heavy (non-hydrogen) atoms. The molecular formula is C18H19N7O4. The van der Waals surface area contributed by atoms with Gasteiger partial charge in [-0.25, -0.2) is 24.9 Å². The smallest absolute Gasteiger partial charge is 0.309 e. The number of carbonyl (C=O) groups is 1. The van der Waals surface area contributed by atoms with Crippen LogP contribution in [0.5, 0.6) is 0 Å². The van der Waals surface area contributed by atoms with Crippen molar-refractivity contribution in [1.82, 2.24) is 29.5 Å². The Morgan fingerprint density at radius 3 is 2.48 bits per heavy atom. The van der Waals surface area contributed by atoms with E-state index in [1.807, 2.05) is 0 Å². The molecule has 3 atom stereocenters. The fourth-order valence-electron chi connectivity index (χ4n) is 2.75. The Bertz CT molecular complexity index is 1070. The molecular weight excluding hydrogens is 378 g/mol. The van der Waals surface area contributed by atoms with Crippen molar-refractivity contribution in [3.8, 4) is 11.8 Å². The second-order valence-electron chi connectivity index (χ2n) is 6.05. The van der Waals surface area contributed by atoms with Crippen LogP contribution in [0.25, 0.3) is 11.2 Å². The molecule has 3 aromatic rings. The van der Waals surface area contributed by atoms with Gasteiger partial charge in [-0.15, -0.1) is 0 Å². The van der Waals surface area contributed by atoms with Crippen molar-refractivity contribution in [2.24, 2.45) is 5.92 Å². The molecule has 0 aliphatic heterocycles. The van der Waals surface area contributed by atoms with Crippen LogP contribution in [0, 0.1) is 17.8 Å². The van der Waals surface area contributed by atoms with Crippen LogP contribution in [-0.2, 0) is 4.79 Å². The first-order valence-corrected chi connectivity index (χ1v) is 8.76. The van der Waals surface area contributed by atoms with E-state index >= 15 is 0 Å². The largest absolute Gasteiger partial charge is 0.481 e. The molecule has 0 aliphatic carbocycles. The summed E-state index contributed by atoms with van der Waals surface area (Å²) in [5.41, 5.74) is 0.526. The molecule has 11 heteroatoms. The number of anilines is 1. The zero-order valence-corrected chi connectivity index (χ0v) is 15.7. The third-order valence-electron chi connectivity index (χ3n) is 4.27. The minimum atomic E-state index is -1.57. The third-order valence-corrected chi connectivity index (χ3v) is 4.27. The van der Waals surface area contributed by atoms with Gasteiger partial charge in [0.25, 0.3) is 0 Å². The molecule has 3 heterocycles. The summed E-state index contributed by atoms with van der Waals surface area (Å²) >= 11 is 0. The SMILES string of the molecule is CC[C@H](C(=O)O)[C@@H](O)[C@@H](O)n1cnc2c(NC)nc(C#Cc3ncccn3)nc21. The molecule has 0 spiro atoms. The van der Waals surface area contributed by atoms with Gasteiger partial charge in [-0.1, -0.05) is 6.92 Å².